The van der Waals surface area contributed by atoms with Gasteiger partial charge in [-0.15, -0.1) is 0 Å². The van der Waals surface area contributed by atoms with Crippen molar-refractivity contribution >= 4 is 15.6 Å². The molecule has 100 valence electrons. The summed E-state index contributed by atoms with van der Waals surface area (Å²) in [5, 5.41) is -0.337. The van der Waals surface area contributed by atoms with Crippen LogP contribution in [-0.2, 0) is 19.4 Å². The van der Waals surface area contributed by atoms with Crippen molar-refractivity contribution in [3.63, 3.8) is 0 Å². The van der Waals surface area contributed by atoms with Crippen LogP contribution in [-0.4, -0.2) is 38.9 Å². The predicted molar refractivity (Wildman–Crippen MR) is 66.7 cm³/mol. The lowest BCUT2D eigenvalue weighted by atomic mass is 9.86. The molecule has 0 heterocycles. The molecule has 5 heteroatoms. The van der Waals surface area contributed by atoms with Gasteiger partial charge in [-0.05, 0) is 25.7 Å². The molecule has 1 aliphatic carbocycles. The summed E-state index contributed by atoms with van der Waals surface area (Å²) >= 11 is 0. The highest BCUT2D eigenvalue weighted by molar-refractivity contribution is 7.91. The maximum atomic E-state index is 11.8. The van der Waals surface area contributed by atoms with E-state index < -0.39 is 9.84 Å². The minimum Gasteiger partial charge on any atom is -0.374 e. The van der Waals surface area contributed by atoms with Crippen LogP contribution in [0.15, 0.2) is 0 Å². The zero-order chi connectivity index (χ0) is 12.9. The van der Waals surface area contributed by atoms with Crippen molar-refractivity contribution < 1.29 is 17.9 Å². The molecule has 1 rings (SSSR count). The molecule has 0 N–H and O–H groups in total. The van der Waals surface area contributed by atoms with Gasteiger partial charge in [-0.2, -0.15) is 0 Å². The third-order valence-corrected chi connectivity index (χ3v) is 4.92. The van der Waals surface area contributed by atoms with E-state index in [1.807, 2.05) is 6.92 Å². The van der Waals surface area contributed by atoms with E-state index in [0.717, 1.165) is 19.3 Å². The first-order valence-electron chi connectivity index (χ1n) is 6.24. The third-order valence-electron chi connectivity index (χ3n) is 3.28. The van der Waals surface area contributed by atoms with Crippen LogP contribution in [0, 0.1) is 5.92 Å². The zero-order valence-electron chi connectivity index (χ0n) is 10.6. The molecule has 0 aromatic rings. The Bertz CT molecular complexity index is 348. The topological polar surface area (TPSA) is 60.4 Å². The highest BCUT2D eigenvalue weighted by Crippen LogP contribution is 2.29. The summed E-state index contributed by atoms with van der Waals surface area (Å²) in [5.41, 5.74) is 0. The van der Waals surface area contributed by atoms with Gasteiger partial charge in [-0.25, -0.2) is 8.42 Å². The summed E-state index contributed by atoms with van der Waals surface area (Å²) in [6.07, 6.45) is 4.95. The van der Waals surface area contributed by atoms with Crippen LogP contribution in [0.1, 0.15) is 39.0 Å². The van der Waals surface area contributed by atoms with E-state index >= 15 is 0 Å². The molecule has 0 amide bonds. The standard InChI is InChI=1S/C12H22O4S/c1-3-7-16-9-12(13)10-5-4-6-11(8-10)17(2,14)15/h10-11H,3-9H2,1-2H3. The van der Waals surface area contributed by atoms with Crippen LogP contribution in [0.4, 0.5) is 0 Å². The molecule has 0 saturated heterocycles. The van der Waals surface area contributed by atoms with Gasteiger partial charge in [0.05, 0.1) is 5.25 Å². The highest BCUT2D eigenvalue weighted by atomic mass is 32.2. The molecular weight excluding hydrogens is 240 g/mol. The van der Waals surface area contributed by atoms with Crippen molar-refractivity contribution in [2.75, 3.05) is 19.5 Å². The number of carbonyl (C=O) groups excluding carboxylic acids is 1. The van der Waals surface area contributed by atoms with Crippen LogP contribution in [0.3, 0.4) is 0 Å². The molecule has 0 aliphatic heterocycles. The highest BCUT2D eigenvalue weighted by Gasteiger charge is 2.32. The molecule has 4 nitrogen and oxygen atoms in total. The lowest BCUT2D eigenvalue weighted by Gasteiger charge is -2.26. The van der Waals surface area contributed by atoms with Gasteiger partial charge in [-0.3, -0.25) is 4.79 Å². The molecule has 2 unspecified atom stereocenters. The zero-order valence-corrected chi connectivity index (χ0v) is 11.5. The van der Waals surface area contributed by atoms with Gasteiger partial charge in [0.1, 0.15) is 16.4 Å². The van der Waals surface area contributed by atoms with Crippen LogP contribution in [0.25, 0.3) is 0 Å². The molecule has 17 heavy (non-hydrogen) atoms. The molecule has 1 fully saturated rings. The molecule has 0 radical (unpaired) electrons. The van der Waals surface area contributed by atoms with Gasteiger partial charge in [0.2, 0.25) is 0 Å². The van der Waals surface area contributed by atoms with Gasteiger partial charge in [0, 0.05) is 18.8 Å². The first-order valence-corrected chi connectivity index (χ1v) is 8.20. The van der Waals surface area contributed by atoms with Crippen molar-refractivity contribution in [3.8, 4) is 0 Å². The Morgan fingerprint density at radius 3 is 2.65 bits per heavy atom. The van der Waals surface area contributed by atoms with Crippen molar-refractivity contribution in [1.29, 1.82) is 0 Å². The second kappa shape index (κ2) is 6.50. The van der Waals surface area contributed by atoms with E-state index in [4.69, 9.17) is 4.74 Å². The average molecular weight is 262 g/mol. The summed E-state index contributed by atoms with van der Waals surface area (Å²) < 4.78 is 28.2. The molecule has 0 bridgehead atoms. The summed E-state index contributed by atoms with van der Waals surface area (Å²) in [5.74, 6) is -0.0628. The van der Waals surface area contributed by atoms with Crippen molar-refractivity contribution in [1.82, 2.24) is 0 Å². The third kappa shape index (κ3) is 4.76. The van der Waals surface area contributed by atoms with E-state index in [1.165, 1.54) is 6.26 Å². The SMILES string of the molecule is CCCOCC(=O)C1CCCC(S(C)(=O)=O)C1. The molecule has 0 aromatic heterocycles. The second-order valence-electron chi connectivity index (χ2n) is 4.83. The summed E-state index contributed by atoms with van der Waals surface area (Å²) in [6.45, 7) is 2.72. The number of ether oxygens (including phenoxy) is 1. The largest absolute Gasteiger partial charge is 0.374 e. The Morgan fingerprint density at radius 1 is 1.35 bits per heavy atom. The molecular formula is C12H22O4S. The van der Waals surface area contributed by atoms with Gasteiger partial charge >= 0.3 is 0 Å². The van der Waals surface area contributed by atoms with E-state index in [9.17, 15) is 13.2 Å². The number of ketones is 1. The van der Waals surface area contributed by atoms with Crippen molar-refractivity contribution in [2.45, 2.75) is 44.3 Å². The van der Waals surface area contributed by atoms with Gasteiger partial charge in [0.25, 0.3) is 0 Å². The normalized spacial score (nSPS) is 25.8. The second-order valence-corrected chi connectivity index (χ2v) is 7.16. The fourth-order valence-electron chi connectivity index (χ4n) is 2.26. The van der Waals surface area contributed by atoms with E-state index in [2.05, 4.69) is 0 Å². The summed E-state index contributed by atoms with van der Waals surface area (Å²) in [4.78, 5) is 11.8. The minimum atomic E-state index is -3.01. The Kier molecular flexibility index (Phi) is 5.59. The number of sulfone groups is 1. The van der Waals surface area contributed by atoms with E-state index in [1.54, 1.807) is 0 Å². The number of hydrogen-bond acceptors (Lipinski definition) is 4. The number of Topliss-reactive ketones (excluding diaryl/α,β-unsaturated/α-hetero) is 1. The Hall–Kier alpha value is -0.420. The number of carbonyl (C=O) groups is 1. The van der Waals surface area contributed by atoms with Gasteiger partial charge in [0.15, 0.2) is 5.78 Å². The lowest BCUT2D eigenvalue weighted by Crippen LogP contribution is -2.32. The monoisotopic (exact) mass is 262 g/mol. The van der Waals surface area contributed by atoms with E-state index in [-0.39, 0.29) is 23.6 Å². The first-order chi connectivity index (χ1) is 7.95. The van der Waals surface area contributed by atoms with Gasteiger partial charge < -0.3 is 4.74 Å². The van der Waals surface area contributed by atoms with Crippen LogP contribution < -0.4 is 0 Å². The molecule has 0 spiro atoms. The minimum absolute atomic E-state index is 0.0619. The summed E-state index contributed by atoms with van der Waals surface area (Å²) in [7, 11) is -3.01. The smallest absolute Gasteiger partial charge is 0.161 e. The molecule has 0 aromatic carbocycles. The van der Waals surface area contributed by atoms with Crippen LogP contribution >= 0.6 is 0 Å². The van der Waals surface area contributed by atoms with Crippen molar-refractivity contribution in [2.24, 2.45) is 5.92 Å². The number of rotatable bonds is 6. The van der Waals surface area contributed by atoms with Crippen LogP contribution in [0.2, 0.25) is 0 Å². The van der Waals surface area contributed by atoms with Crippen molar-refractivity contribution in [3.05, 3.63) is 0 Å². The predicted octanol–water partition coefficient (Wildman–Crippen LogP) is 1.59. The first kappa shape index (κ1) is 14.6. The maximum Gasteiger partial charge on any atom is 0.161 e. The average Bonchev–Trinajstić information content (AvgIpc) is 2.28. The van der Waals surface area contributed by atoms with Crippen LogP contribution in [0.5, 0.6) is 0 Å². The summed E-state index contributed by atoms with van der Waals surface area (Å²) in [6, 6.07) is 0. The lowest BCUT2D eigenvalue weighted by molar-refractivity contribution is -0.128. The molecule has 1 aliphatic rings. The van der Waals surface area contributed by atoms with E-state index in [0.29, 0.717) is 19.4 Å². The molecule has 2 atom stereocenters. The fraction of sp³-hybridized carbons (Fsp3) is 0.917. The fourth-order valence-corrected chi connectivity index (χ4v) is 3.44. The Labute approximate surface area is 104 Å². The van der Waals surface area contributed by atoms with Gasteiger partial charge in [-0.1, -0.05) is 13.3 Å². The Morgan fingerprint density at radius 2 is 2.06 bits per heavy atom. The maximum absolute atomic E-state index is 11.8. The quantitative estimate of drug-likeness (QED) is 0.682. The number of hydrogen-bond donors (Lipinski definition) is 0. The molecule has 1 saturated carbocycles. The Balaban J connectivity index is 2.46.